The number of carbonyl (C=O) groups is 1. The third-order valence-corrected chi connectivity index (χ3v) is 6.02. The smallest absolute Gasteiger partial charge is 0.272 e. The molecule has 3 aliphatic rings. The molecule has 1 atom stereocenters. The lowest BCUT2D eigenvalue weighted by molar-refractivity contribution is -0.122. The molecule has 7 heteroatoms. The van der Waals surface area contributed by atoms with Crippen molar-refractivity contribution in [2.24, 2.45) is 9.98 Å². The molecule has 1 saturated heterocycles. The number of amides is 1. The predicted octanol–water partition coefficient (Wildman–Crippen LogP) is 3.02. The van der Waals surface area contributed by atoms with E-state index < -0.39 is 6.17 Å². The second-order valence-electron chi connectivity index (χ2n) is 7.77. The Morgan fingerprint density at radius 3 is 2.53 bits per heavy atom. The van der Waals surface area contributed by atoms with Gasteiger partial charge in [0.25, 0.3) is 5.91 Å². The van der Waals surface area contributed by atoms with E-state index in [0.717, 1.165) is 48.7 Å². The normalized spacial score (nSPS) is 22.3. The van der Waals surface area contributed by atoms with Crippen molar-refractivity contribution in [3.05, 3.63) is 77.0 Å². The molecular formula is C23H22ClN5O. The molecule has 30 heavy (non-hydrogen) atoms. The highest BCUT2D eigenvalue weighted by molar-refractivity contribution is 6.35. The lowest BCUT2D eigenvalue weighted by Crippen LogP contribution is -2.52. The molecular weight excluding hydrogens is 398 g/mol. The third-order valence-electron chi connectivity index (χ3n) is 5.79. The van der Waals surface area contributed by atoms with Gasteiger partial charge in [-0.15, -0.1) is 0 Å². The minimum absolute atomic E-state index is 0.0659. The van der Waals surface area contributed by atoms with Crippen LogP contribution in [-0.2, 0) is 4.79 Å². The molecule has 6 nitrogen and oxygen atoms in total. The molecule has 0 saturated carbocycles. The van der Waals surface area contributed by atoms with Crippen LogP contribution in [0.3, 0.4) is 0 Å². The SMILES string of the molecule is C=C1N=C(c2ccccc2)c2cc(Cl)ccc2N2C(=O)C(N3CCN(C)CC3)N=C12. The van der Waals surface area contributed by atoms with E-state index in [1.54, 1.807) is 11.0 Å². The van der Waals surface area contributed by atoms with Gasteiger partial charge in [0.05, 0.1) is 17.1 Å². The maximum Gasteiger partial charge on any atom is 0.272 e. The number of anilines is 1. The number of rotatable bonds is 2. The van der Waals surface area contributed by atoms with Crippen LogP contribution in [0, 0.1) is 0 Å². The van der Waals surface area contributed by atoms with Crippen LogP contribution >= 0.6 is 11.6 Å². The van der Waals surface area contributed by atoms with E-state index in [0.29, 0.717) is 16.6 Å². The van der Waals surface area contributed by atoms with Gasteiger partial charge in [-0.1, -0.05) is 48.5 Å². The summed E-state index contributed by atoms with van der Waals surface area (Å²) >= 11 is 6.34. The number of halogens is 1. The summed E-state index contributed by atoms with van der Waals surface area (Å²) in [6.07, 6.45) is -0.539. The zero-order valence-electron chi connectivity index (χ0n) is 16.8. The average molecular weight is 420 g/mol. The molecule has 1 amide bonds. The Morgan fingerprint density at radius 1 is 1.07 bits per heavy atom. The summed E-state index contributed by atoms with van der Waals surface area (Å²) < 4.78 is 0. The van der Waals surface area contributed by atoms with E-state index in [4.69, 9.17) is 21.6 Å². The van der Waals surface area contributed by atoms with Gasteiger partial charge in [-0.2, -0.15) is 0 Å². The minimum atomic E-state index is -0.539. The zero-order chi connectivity index (χ0) is 20.8. The first-order valence-corrected chi connectivity index (χ1v) is 10.4. The Hall–Kier alpha value is -2.80. The second-order valence-corrected chi connectivity index (χ2v) is 8.21. The summed E-state index contributed by atoms with van der Waals surface area (Å²) in [5.74, 6) is 0.446. The van der Waals surface area contributed by atoms with E-state index in [2.05, 4.69) is 23.4 Å². The van der Waals surface area contributed by atoms with Crippen LogP contribution in [0.5, 0.6) is 0 Å². The largest absolute Gasteiger partial charge is 0.304 e. The van der Waals surface area contributed by atoms with E-state index >= 15 is 0 Å². The van der Waals surface area contributed by atoms with Crippen LogP contribution in [0.4, 0.5) is 5.69 Å². The lowest BCUT2D eigenvalue weighted by atomic mass is 10.00. The second kappa shape index (κ2) is 7.47. The first-order chi connectivity index (χ1) is 14.5. The molecule has 2 aromatic rings. The highest BCUT2D eigenvalue weighted by atomic mass is 35.5. The van der Waals surface area contributed by atoms with Gasteiger partial charge in [-0.05, 0) is 25.2 Å². The fraction of sp³-hybridized carbons (Fsp3) is 0.261. The van der Waals surface area contributed by atoms with Gasteiger partial charge in [-0.3, -0.25) is 14.6 Å². The molecule has 0 spiro atoms. The van der Waals surface area contributed by atoms with Gasteiger partial charge in [-0.25, -0.2) is 9.98 Å². The van der Waals surface area contributed by atoms with Gasteiger partial charge >= 0.3 is 0 Å². The molecule has 3 heterocycles. The Balaban J connectivity index is 1.62. The molecule has 2 aromatic carbocycles. The van der Waals surface area contributed by atoms with Crippen molar-refractivity contribution < 1.29 is 4.79 Å². The van der Waals surface area contributed by atoms with Crippen molar-refractivity contribution in [2.75, 3.05) is 38.1 Å². The molecule has 1 unspecified atom stereocenters. The Labute approximate surface area is 180 Å². The standard InChI is InChI=1S/C23H22ClN5O/c1-15-21-26-22(28-12-10-27(2)11-13-28)23(30)29(21)19-9-8-17(24)14-18(19)20(25-15)16-6-4-3-5-7-16/h3-9,14,22H,1,10-13H2,2H3. The van der Waals surface area contributed by atoms with Gasteiger partial charge < -0.3 is 4.90 Å². The van der Waals surface area contributed by atoms with Gasteiger partial charge in [0, 0.05) is 42.3 Å². The monoisotopic (exact) mass is 419 g/mol. The maximum atomic E-state index is 13.5. The Kier molecular flexibility index (Phi) is 4.77. The quantitative estimate of drug-likeness (QED) is 0.751. The topological polar surface area (TPSA) is 51.5 Å². The third kappa shape index (κ3) is 3.17. The van der Waals surface area contributed by atoms with E-state index in [9.17, 15) is 4.79 Å². The molecule has 5 rings (SSSR count). The molecule has 0 bridgehead atoms. The van der Waals surface area contributed by atoms with Crippen molar-refractivity contribution in [1.29, 1.82) is 0 Å². The number of hydrogen-bond acceptors (Lipinski definition) is 5. The van der Waals surface area contributed by atoms with Crippen LogP contribution in [-0.4, -0.2) is 66.6 Å². The lowest BCUT2D eigenvalue weighted by Gasteiger charge is -2.34. The number of benzene rings is 2. The highest BCUT2D eigenvalue weighted by Gasteiger charge is 2.43. The number of amidine groups is 1. The fourth-order valence-electron chi connectivity index (χ4n) is 4.14. The Morgan fingerprint density at radius 2 is 1.80 bits per heavy atom. The predicted molar refractivity (Wildman–Crippen MR) is 120 cm³/mol. The van der Waals surface area contributed by atoms with Crippen LogP contribution in [0.15, 0.2) is 70.8 Å². The van der Waals surface area contributed by atoms with Crippen molar-refractivity contribution in [3.63, 3.8) is 0 Å². The average Bonchev–Trinajstić information content (AvgIpc) is 3.04. The number of aliphatic imine (C=N–C) groups is 2. The molecule has 1 fully saturated rings. The highest BCUT2D eigenvalue weighted by Crippen LogP contribution is 2.35. The zero-order valence-corrected chi connectivity index (χ0v) is 17.5. The molecule has 3 aliphatic heterocycles. The van der Waals surface area contributed by atoms with Crippen molar-refractivity contribution in [2.45, 2.75) is 6.17 Å². The minimum Gasteiger partial charge on any atom is -0.304 e. The van der Waals surface area contributed by atoms with Crippen LogP contribution < -0.4 is 4.90 Å². The van der Waals surface area contributed by atoms with Crippen molar-refractivity contribution in [3.8, 4) is 0 Å². The number of fused-ring (bicyclic) bond motifs is 3. The molecule has 0 aliphatic carbocycles. The fourth-order valence-corrected chi connectivity index (χ4v) is 4.32. The molecule has 0 radical (unpaired) electrons. The Bertz CT molecular complexity index is 1090. The van der Waals surface area contributed by atoms with Crippen LogP contribution in [0.25, 0.3) is 0 Å². The summed E-state index contributed by atoms with van der Waals surface area (Å²) in [6.45, 7) is 7.58. The van der Waals surface area contributed by atoms with Gasteiger partial charge in [0.2, 0.25) is 0 Å². The van der Waals surface area contributed by atoms with E-state index in [1.165, 1.54) is 0 Å². The molecule has 152 valence electrons. The summed E-state index contributed by atoms with van der Waals surface area (Å²) in [4.78, 5) is 29.2. The molecule has 0 aromatic heterocycles. The number of likely N-dealkylation sites (N-methyl/N-ethyl adjacent to an activating group) is 1. The maximum absolute atomic E-state index is 13.5. The van der Waals surface area contributed by atoms with Crippen LogP contribution in [0.2, 0.25) is 5.02 Å². The van der Waals surface area contributed by atoms with E-state index in [-0.39, 0.29) is 5.91 Å². The molecule has 0 N–H and O–H groups in total. The van der Waals surface area contributed by atoms with Crippen LogP contribution in [0.1, 0.15) is 11.1 Å². The first-order valence-electron chi connectivity index (χ1n) is 10.0. The van der Waals surface area contributed by atoms with Gasteiger partial charge in [0.1, 0.15) is 0 Å². The number of piperazine rings is 1. The van der Waals surface area contributed by atoms with Crippen molar-refractivity contribution in [1.82, 2.24) is 9.80 Å². The summed E-state index contributed by atoms with van der Waals surface area (Å²) in [5, 5.41) is 0.589. The number of carbonyl (C=O) groups excluding carboxylic acids is 1. The summed E-state index contributed by atoms with van der Waals surface area (Å²) in [6, 6.07) is 15.4. The van der Waals surface area contributed by atoms with E-state index in [1.807, 2.05) is 42.5 Å². The number of nitrogens with zero attached hydrogens (tertiary/aromatic N) is 5. The summed E-state index contributed by atoms with van der Waals surface area (Å²) in [7, 11) is 2.09. The van der Waals surface area contributed by atoms with Crippen molar-refractivity contribution >= 4 is 34.7 Å². The van der Waals surface area contributed by atoms with Gasteiger partial charge in [0.15, 0.2) is 12.0 Å². The first kappa shape index (κ1) is 19.2. The number of hydrogen-bond donors (Lipinski definition) is 0. The summed E-state index contributed by atoms with van der Waals surface area (Å²) in [5.41, 5.74) is 3.69.